The second kappa shape index (κ2) is 7.19. The highest BCUT2D eigenvalue weighted by Gasteiger charge is 2.23. The Kier molecular flexibility index (Phi) is 5.04. The van der Waals surface area contributed by atoms with Crippen molar-refractivity contribution >= 4 is 0 Å². The highest BCUT2D eigenvalue weighted by Crippen LogP contribution is 2.23. The van der Waals surface area contributed by atoms with Crippen LogP contribution in [0.5, 0.6) is 0 Å². The van der Waals surface area contributed by atoms with E-state index in [2.05, 4.69) is 22.0 Å². The summed E-state index contributed by atoms with van der Waals surface area (Å²) in [7, 11) is 0. The summed E-state index contributed by atoms with van der Waals surface area (Å²) in [5.41, 5.74) is 1.26. The SMILES string of the molecule is c1ccc(C[C@@H]2CCCN(CC3CCOCC3)C2)nc1. The van der Waals surface area contributed by atoms with Crippen LogP contribution in [0.2, 0.25) is 0 Å². The van der Waals surface area contributed by atoms with E-state index in [0.717, 1.165) is 31.5 Å². The molecule has 1 atom stereocenters. The van der Waals surface area contributed by atoms with Crippen molar-refractivity contribution in [1.29, 1.82) is 0 Å². The molecule has 2 fully saturated rings. The van der Waals surface area contributed by atoms with Crippen LogP contribution in [0.4, 0.5) is 0 Å². The van der Waals surface area contributed by atoms with E-state index in [1.165, 1.54) is 51.0 Å². The molecule has 1 aromatic rings. The molecule has 0 radical (unpaired) electrons. The van der Waals surface area contributed by atoms with E-state index in [0.29, 0.717) is 0 Å². The number of aromatic nitrogens is 1. The van der Waals surface area contributed by atoms with Gasteiger partial charge >= 0.3 is 0 Å². The molecule has 3 heteroatoms. The summed E-state index contributed by atoms with van der Waals surface area (Å²) in [5.74, 6) is 1.65. The van der Waals surface area contributed by atoms with E-state index in [-0.39, 0.29) is 0 Å². The number of pyridine rings is 1. The first kappa shape index (κ1) is 14.0. The van der Waals surface area contributed by atoms with Crippen molar-refractivity contribution in [3.63, 3.8) is 0 Å². The third-order valence-electron chi connectivity index (χ3n) is 4.68. The highest BCUT2D eigenvalue weighted by molar-refractivity contribution is 5.04. The zero-order valence-electron chi connectivity index (χ0n) is 12.3. The van der Waals surface area contributed by atoms with Crippen molar-refractivity contribution in [3.8, 4) is 0 Å². The molecule has 20 heavy (non-hydrogen) atoms. The predicted octanol–water partition coefficient (Wildman–Crippen LogP) is 2.76. The van der Waals surface area contributed by atoms with Crippen molar-refractivity contribution < 1.29 is 4.74 Å². The van der Waals surface area contributed by atoms with Crippen LogP contribution in [0.1, 0.15) is 31.4 Å². The molecule has 0 N–H and O–H groups in total. The van der Waals surface area contributed by atoms with Crippen LogP contribution in [-0.4, -0.2) is 42.7 Å². The molecule has 3 rings (SSSR count). The number of piperidine rings is 1. The number of hydrogen-bond acceptors (Lipinski definition) is 3. The van der Waals surface area contributed by atoms with Crippen LogP contribution in [-0.2, 0) is 11.2 Å². The Morgan fingerprint density at radius 3 is 2.85 bits per heavy atom. The van der Waals surface area contributed by atoms with Crippen molar-refractivity contribution in [2.24, 2.45) is 11.8 Å². The number of rotatable bonds is 4. The van der Waals surface area contributed by atoms with Gasteiger partial charge in [-0.25, -0.2) is 0 Å². The molecule has 1 aromatic heterocycles. The summed E-state index contributed by atoms with van der Waals surface area (Å²) in [6, 6.07) is 6.27. The lowest BCUT2D eigenvalue weighted by Gasteiger charge is -2.36. The number of nitrogens with zero attached hydrogens (tertiary/aromatic N) is 2. The van der Waals surface area contributed by atoms with Gasteiger partial charge in [-0.15, -0.1) is 0 Å². The van der Waals surface area contributed by atoms with Gasteiger partial charge in [0.1, 0.15) is 0 Å². The van der Waals surface area contributed by atoms with E-state index < -0.39 is 0 Å². The fourth-order valence-electron chi connectivity index (χ4n) is 3.59. The van der Waals surface area contributed by atoms with Gasteiger partial charge < -0.3 is 9.64 Å². The van der Waals surface area contributed by atoms with Gasteiger partial charge in [0.25, 0.3) is 0 Å². The molecule has 0 saturated carbocycles. The molecular formula is C17H26N2O. The van der Waals surface area contributed by atoms with Gasteiger partial charge in [-0.2, -0.15) is 0 Å². The second-order valence-corrected chi connectivity index (χ2v) is 6.35. The number of likely N-dealkylation sites (tertiary alicyclic amines) is 1. The maximum atomic E-state index is 5.46. The standard InChI is InChI=1S/C17H26N2O/c1-2-8-18-17(5-1)12-16-4-3-9-19(14-16)13-15-6-10-20-11-7-15/h1-2,5,8,15-16H,3-4,6-7,9-14H2/t16-/m0/s1. The van der Waals surface area contributed by atoms with Crippen LogP contribution < -0.4 is 0 Å². The first-order chi connectivity index (χ1) is 9.90. The molecule has 0 aliphatic carbocycles. The molecule has 0 amide bonds. The van der Waals surface area contributed by atoms with Crippen molar-refractivity contribution in [2.45, 2.75) is 32.1 Å². The molecule has 110 valence electrons. The van der Waals surface area contributed by atoms with Gasteiger partial charge in [-0.3, -0.25) is 4.98 Å². The third kappa shape index (κ3) is 4.03. The molecule has 2 aliphatic heterocycles. The maximum Gasteiger partial charge on any atom is 0.0469 e. The van der Waals surface area contributed by atoms with E-state index in [1.54, 1.807) is 0 Å². The van der Waals surface area contributed by atoms with E-state index in [4.69, 9.17) is 4.74 Å². The quantitative estimate of drug-likeness (QED) is 0.844. The molecule has 0 bridgehead atoms. The average molecular weight is 274 g/mol. The smallest absolute Gasteiger partial charge is 0.0469 e. The Morgan fingerprint density at radius 2 is 2.05 bits per heavy atom. The van der Waals surface area contributed by atoms with Gasteiger partial charge in [-0.1, -0.05) is 6.07 Å². The predicted molar refractivity (Wildman–Crippen MR) is 80.6 cm³/mol. The van der Waals surface area contributed by atoms with Crippen LogP contribution >= 0.6 is 0 Å². The normalized spacial score (nSPS) is 25.7. The topological polar surface area (TPSA) is 25.4 Å². The third-order valence-corrected chi connectivity index (χ3v) is 4.68. The minimum Gasteiger partial charge on any atom is -0.381 e. The summed E-state index contributed by atoms with van der Waals surface area (Å²) >= 11 is 0. The van der Waals surface area contributed by atoms with Gasteiger partial charge in [0, 0.05) is 38.2 Å². The van der Waals surface area contributed by atoms with Crippen molar-refractivity contribution in [1.82, 2.24) is 9.88 Å². The van der Waals surface area contributed by atoms with Gasteiger partial charge in [-0.05, 0) is 62.6 Å². The molecule has 2 saturated heterocycles. The summed E-state index contributed by atoms with van der Waals surface area (Å²) < 4.78 is 5.46. The Morgan fingerprint density at radius 1 is 1.15 bits per heavy atom. The summed E-state index contributed by atoms with van der Waals surface area (Å²) in [5, 5.41) is 0. The summed E-state index contributed by atoms with van der Waals surface area (Å²) in [6.07, 6.45) is 8.27. The molecular weight excluding hydrogens is 248 g/mol. The second-order valence-electron chi connectivity index (χ2n) is 6.35. The van der Waals surface area contributed by atoms with Gasteiger partial charge in [0.2, 0.25) is 0 Å². The Hall–Kier alpha value is -0.930. The van der Waals surface area contributed by atoms with Crippen LogP contribution in [0, 0.1) is 11.8 Å². The van der Waals surface area contributed by atoms with Crippen molar-refractivity contribution in [3.05, 3.63) is 30.1 Å². The number of ether oxygens (including phenoxy) is 1. The minimum atomic E-state index is 0.790. The lowest BCUT2D eigenvalue weighted by molar-refractivity contribution is 0.0452. The highest BCUT2D eigenvalue weighted by atomic mass is 16.5. The van der Waals surface area contributed by atoms with Crippen LogP contribution in [0.15, 0.2) is 24.4 Å². The van der Waals surface area contributed by atoms with Gasteiger partial charge in [0.05, 0.1) is 0 Å². The fourth-order valence-corrected chi connectivity index (χ4v) is 3.59. The molecule has 0 unspecified atom stereocenters. The molecule has 0 spiro atoms. The molecule has 0 aromatic carbocycles. The summed E-state index contributed by atoms with van der Waals surface area (Å²) in [6.45, 7) is 5.76. The first-order valence-corrected chi connectivity index (χ1v) is 8.10. The lowest BCUT2D eigenvalue weighted by Crippen LogP contribution is -2.40. The molecule has 2 aliphatic rings. The van der Waals surface area contributed by atoms with Crippen LogP contribution in [0.25, 0.3) is 0 Å². The lowest BCUT2D eigenvalue weighted by atomic mass is 9.91. The largest absolute Gasteiger partial charge is 0.381 e. The zero-order chi connectivity index (χ0) is 13.6. The average Bonchev–Trinajstić information content (AvgIpc) is 2.50. The first-order valence-electron chi connectivity index (χ1n) is 8.10. The van der Waals surface area contributed by atoms with Crippen molar-refractivity contribution in [2.75, 3.05) is 32.8 Å². The monoisotopic (exact) mass is 274 g/mol. The Labute approximate surface area is 122 Å². The molecule has 3 heterocycles. The summed E-state index contributed by atoms with van der Waals surface area (Å²) in [4.78, 5) is 7.17. The fraction of sp³-hybridized carbons (Fsp3) is 0.706. The Bertz CT molecular complexity index is 389. The van der Waals surface area contributed by atoms with Crippen LogP contribution in [0.3, 0.4) is 0 Å². The van der Waals surface area contributed by atoms with E-state index >= 15 is 0 Å². The minimum absolute atomic E-state index is 0.790. The molecule has 3 nitrogen and oxygen atoms in total. The zero-order valence-corrected chi connectivity index (χ0v) is 12.3. The van der Waals surface area contributed by atoms with E-state index in [1.807, 2.05) is 12.3 Å². The van der Waals surface area contributed by atoms with Gasteiger partial charge in [0.15, 0.2) is 0 Å². The maximum absolute atomic E-state index is 5.46. The Balaban J connectivity index is 1.48. The number of hydrogen-bond donors (Lipinski definition) is 0. The van der Waals surface area contributed by atoms with E-state index in [9.17, 15) is 0 Å².